The van der Waals surface area contributed by atoms with Crippen LogP contribution in [0.1, 0.15) is 44.2 Å². The Bertz CT molecular complexity index is 1230. The van der Waals surface area contributed by atoms with E-state index >= 15 is 0 Å². The maximum atomic E-state index is 13.6. The van der Waals surface area contributed by atoms with Gasteiger partial charge in [-0.3, -0.25) is 19.2 Å². The lowest BCUT2D eigenvalue weighted by molar-refractivity contribution is -0.142. The number of carboxylic acids is 1. The van der Waals surface area contributed by atoms with Gasteiger partial charge >= 0.3 is 5.97 Å². The first-order chi connectivity index (χ1) is 19.7. The minimum atomic E-state index is -1.45. The van der Waals surface area contributed by atoms with Gasteiger partial charge in [-0.2, -0.15) is 0 Å². The van der Waals surface area contributed by atoms with E-state index in [4.69, 9.17) is 11.5 Å². The molecule has 13 nitrogen and oxygen atoms in total. The Labute approximate surface area is 243 Å². The van der Waals surface area contributed by atoms with Gasteiger partial charge in [0.1, 0.15) is 29.6 Å². The van der Waals surface area contributed by atoms with E-state index in [1.54, 1.807) is 12.1 Å². The summed E-state index contributed by atoms with van der Waals surface area (Å²) in [5.74, 6) is -4.18. The topological polar surface area (TPSA) is 234 Å². The number of phenolic OH excluding ortho intramolecular Hbond substituents is 2. The summed E-state index contributed by atoms with van der Waals surface area (Å²) in [4.78, 5) is 62.6. The average Bonchev–Trinajstić information content (AvgIpc) is 2.91. The number of carbonyl (C=O) groups is 5. The number of carbonyl (C=O) groups excluding carboxylic acids is 4. The van der Waals surface area contributed by atoms with E-state index in [1.807, 2.05) is 13.8 Å². The maximum Gasteiger partial charge on any atom is 0.326 e. The molecule has 0 aromatic heterocycles. The quantitative estimate of drug-likeness (QED) is 0.133. The van der Waals surface area contributed by atoms with Gasteiger partial charge in [0.15, 0.2) is 0 Å². The second kappa shape index (κ2) is 16.0. The lowest BCUT2D eigenvalue weighted by Crippen LogP contribution is -2.58. The van der Waals surface area contributed by atoms with Crippen molar-refractivity contribution < 1.29 is 39.3 Å². The van der Waals surface area contributed by atoms with Crippen LogP contribution in [0.2, 0.25) is 0 Å². The van der Waals surface area contributed by atoms with Crippen LogP contribution in [0.25, 0.3) is 0 Å². The molecule has 42 heavy (non-hydrogen) atoms. The molecule has 0 bridgehead atoms. The van der Waals surface area contributed by atoms with Crippen molar-refractivity contribution in [2.45, 2.75) is 70.1 Å². The number of amides is 4. The van der Waals surface area contributed by atoms with E-state index in [2.05, 4.69) is 16.0 Å². The molecule has 0 saturated carbocycles. The van der Waals surface area contributed by atoms with Crippen LogP contribution < -0.4 is 27.4 Å². The van der Waals surface area contributed by atoms with Crippen LogP contribution >= 0.6 is 0 Å². The van der Waals surface area contributed by atoms with Gasteiger partial charge in [-0.1, -0.05) is 38.1 Å². The molecule has 10 N–H and O–H groups in total. The number of benzene rings is 2. The van der Waals surface area contributed by atoms with Crippen LogP contribution in [-0.4, -0.2) is 69.1 Å². The highest BCUT2D eigenvalue weighted by Crippen LogP contribution is 2.14. The molecule has 228 valence electrons. The molecule has 0 aliphatic heterocycles. The highest BCUT2D eigenvalue weighted by Gasteiger charge is 2.31. The van der Waals surface area contributed by atoms with Crippen LogP contribution in [0, 0.1) is 5.92 Å². The third-order valence-electron chi connectivity index (χ3n) is 6.37. The van der Waals surface area contributed by atoms with Crippen molar-refractivity contribution in [2.24, 2.45) is 17.4 Å². The van der Waals surface area contributed by atoms with Crippen molar-refractivity contribution in [1.29, 1.82) is 0 Å². The minimum absolute atomic E-state index is 0.00381. The first-order valence-corrected chi connectivity index (χ1v) is 13.5. The number of hydrogen-bond acceptors (Lipinski definition) is 8. The van der Waals surface area contributed by atoms with Crippen molar-refractivity contribution in [3.63, 3.8) is 0 Å². The molecular weight excluding hydrogens is 546 g/mol. The molecule has 0 fully saturated rings. The van der Waals surface area contributed by atoms with Crippen molar-refractivity contribution in [3.8, 4) is 11.5 Å². The van der Waals surface area contributed by atoms with Gasteiger partial charge in [0, 0.05) is 19.3 Å². The summed E-state index contributed by atoms with van der Waals surface area (Å²) in [7, 11) is 0. The normalized spacial score (nSPS) is 13.8. The van der Waals surface area contributed by atoms with Gasteiger partial charge < -0.3 is 42.7 Å². The highest BCUT2D eigenvalue weighted by molar-refractivity contribution is 5.94. The van der Waals surface area contributed by atoms with Gasteiger partial charge in [-0.25, -0.2) is 4.79 Å². The maximum absolute atomic E-state index is 13.6. The second-order valence-electron chi connectivity index (χ2n) is 10.5. The van der Waals surface area contributed by atoms with Crippen molar-refractivity contribution >= 4 is 29.6 Å². The Morgan fingerprint density at radius 1 is 0.714 bits per heavy atom. The number of rotatable bonds is 16. The van der Waals surface area contributed by atoms with Crippen LogP contribution in [0.15, 0.2) is 48.5 Å². The van der Waals surface area contributed by atoms with Gasteiger partial charge in [-0.15, -0.1) is 0 Å². The zero-order valence-corrected chi connectivity index (χ0v) is 23.6. The van der Waals surface area contributed by atoms with Gasteiger partial charge in [0.2, 0.25) is 23.6 Å². The van der Waals surface area contributed by atoms with Gasteiger partial charge in [0.05, 0.1) is 6.04 Å². The van der Waals surface area contributed by atoms with Crippen LogP contribution in [0.5, 0.6) is 11.5 Å². The fraction of sp³-hybridized carbons (Fsp3) is 0.414. The molecule has 4 atom stereocenters. The molecule has 0 heterocycles. The number of phenols is 2. The van der Waals surface area contributed by atoms with E-state index in [0.717, 1.165) is 0 Å². The van der Waals surface area contributed by atoms with Crippen molar-refractivity contribution in [2.75, 3.05) is 0 Å². The number of primary amides is 1. The number of hydrogen-bond donors (Lipinski definition) is 8. The minimum Gasteiger partial charge on any atom is -0.508 e. The van der Waals surface area contributed by atoms with E-state index in [0.29, 0.717) is 17.5 Å². The van der Waals surface area contributed by atoms with Crippen molar-refractivity contribution in [3.05, 3.63) is 59.7 Å². The molecule has 4 unspecified atom stereocenters. The van der Waals surface area contributed by atoms with E-state index in [9.17, 15) is 39.3 Å². The zero-order chi connectivity index (χ0) is 31.4. The molecule has 0 radical (unpaired) electrons. The lowest BCUT2D eigenvalue weighted by Gasteiger charge is -2.26. The van der Waals surface area contributed by atoms with E-state index in [-0.39, 0.29) is 43.1 Å². The fourth-order valence-electron chi connectivity index (χ4n) is 4.14. The Kier molecular flexibility index (Phi) is 12.8. The fourth-order valence-corrected chi connectivity index (χ4v) is 4.14. The summed E-state index contributed by atoms with van der Waals surface area (Å²) in [5, 5.41) is 36.4. The summed E-state index contributed by atoms with van der Waals surface area (Å²) < 4.78 is 0. The summed E-state index contributed by atoms with van der Waals surface area (Å²) in [6.07, 6.45) is -0.275. The summed E-state index contributed by atoms with van der Waals surface area (Å²) in [5.41, 5.74) is 12.3. The SMILES string of the molecule is CC(C)CC(N)C(=O)NC(Cc1ccc(O)cc1)C(=O)NC(Cc1ccc(O)cc1)C(=O)NC(CCC(N)=O)C(=O)O. The smallest absolute Gasteiger partial charge is 0.326 e. The molecule has 13 heteroatoms. The Morgan fingerprint density at radius 2 is 1.12 bits per heavy atom. The highest BCUT2D eigenvalue weighted by atomic mass is 16.4. The monoisotopic (exact) mass is 585 g/mol. The lowest BCUT2D eigenvalue weighted by atomic mass is 10.0. The first kappa shape index (κ1) is 33.6. The first-order valence-electron chi connectivity index (χ1n) is 13.5. The molecule has 2 rings (SSSR count). The summed E-state index contributed by atoms with van der Waals surface area (Å²) in [6.45, 7) is 3.79. The zero-order valence-electron chi connectivity index (χ0n) is 23.6. The molecule has 2 aromatic carbocycles. The molecular formula is C29H39N5O8. The van der Waals surface area contributed by atoms with E-state index < -0.39 is 53.8 Å². The molecule has 0 saturated heterocycles. The molecule has 0 aliphatic rings. The molecule has 0 spiro atoms. The Balaban J connectivity index is 2.34. The Morgan fingerprint density at radius 3 is 1.50 bits per heavy atom. The second-order valence-corrected chi connectivity index (χ2v) is 10.5. The molecule has 0 aliphatic carbocycles. The summed E-state index contributed by atoms with van der Waals surface area (Å²) >= 11 is 0. The van der Waals surface area contributed by atoms with Crippen LogP contribution in [0.3, 0.4) is 0 Å². The third kappa shape index (κ3) is 11.5. The predicted octanol–water partition coefficient (Wildman–Crippen LogP) is 0.0609. The van der Waals surface area contributed by atoms with Gasteiger partial charge in [0.25, 0.3) is 0 Å². The van der Waals surface area contributed by atoms with Crippen LogP contribution in [-0.2, 0) is 36.8 Å². The average molecular weight is 586 g/mol. The molecule has 2 aromatic rings. The largest absolute Gasteiger partial charge is 0.508 e. The number of aromatic hydroxyl groups is 2. The predicted molar refractivity (Wildman–Crippen MR) is 153 cm³/mol. The number of carboxylic acid groups (broad SMARTS) is 1. The van der Waals surface area contributed by atoms with Crippen molar-refractivity contribution in [1.82, 2.24) is 16.0 Å². The Hall–Kier alpha value is -4.65. The number of aliphatic carboxylic acids is 1. The van der Waals surface area contributed by atoms with Crippen LogP contribution in [0.4, 0.5) is 0 Å². The standard InChI is InChI=1S/C29H39N5O8/c1-16(2)13-21(30)26(38)33-23(14-17-3-7-19(35)8-4-17)28(40)34-24(15-18-5-9-20(36)10-6-18)27(39)32-22(29(41)42)11-12-25(31)37/h3-10,16,21-24,35-36H,11-15,30H2,1-2H3,(H2,31,37)(H,32,39)(H,33,38)(H,34,40)(H,41,42). The molecule has 4 amide bonds. The number of nitrogens with two attached hydrogens (primary N) is 2. The number of nitrogens with one attached hydrogen (secondary N) is 3. The third-order valence-corrected chi connectivity index (χ3v) is 6.37. The summed E-state index contributed by atoms with van der Waals surface area (Å²) in [6, 6.07) is 7.02. The van der Waals surface area contributed by atoms with Gasteiger partial charge in [-0.05, 0) is 54.2 Å². The van der Waals surface area contributed by atoms with E-state index in [1.165, 1.54) is 36.4 Å².